The Balaban J connectivity index is 1.63. The minimum Gasteiger partial charge on any atom is -0.451 e. The first-order chi connectivity index (χ1) is 9.74. The van der Waals surface area contributed by atoms with E-state index in [1.807, 2.05) is 37.4 Å². The number of nitrogens with zero attached hydrogens (tertiary/aromatic N) is 2. The first-order valence-electron chi connectivity index (χ1n) is 6.48. The maximum absolute atomic E-state index is 12.0. The van der Waals surface area contributed by atoms with E-state index in [0.717, 1.165) is 23.1 Å². The number of fused-ring (bicyclic) bond motifs is 1. The van der Waals surface area contributed by atoms with Gasteiger partial charge in [-0.05, 0) is 18.2 Å². The Bertz CT molecular complexity index is 709. The highest BCUT2D eigenvalue weighted by Gasteiger charge is 2.11. The third kappa shape index (κ3) is 2.42. The van der Waals surface area contributed by atoms with Crippen LogP contribution in [0.15, 0.2) is 47.0 Å². The van der Waals surface area contributed by atoms with Gasteiger partial charge in [0.2, 0.25) is 0 Å². The summed E-state index contributed by atoms with van der Waals surface area (Å²) >= 11 is 0. The monoisotopic (exact) mass is 269 g/mol. The van der Waals surface area contributed by atoms with Gasteiger partial charge in [0.05, 0.1) is 0 Å². The molecule has 0 bridgehead atoms. The van der Waals surface area contributed by atoms with Gasteiger partial charge < -0.3 is 9.73 Å². The molecule has 1 amide bonds. The molecule has 0 unspecified atom stereocenters. The molecule has 5 heteroatoms. The average Bonchev–Trinajstić information content (AvgIpc) is 3.05. The van der Waals surface area contributed by atoms with Crippen LogP contribution in [-0.2, 0) is 13.5 Å². The molecule has 3 rings (SSSR count). The van der Waals surface area contributed by atoms with E-state index in [-0.39, 0.29) is 5.91 Å². The van der Waals surface area contributed by atoms with Gasteiger partial charge in [0.1, 0.15) is 5.58 Å². The molecular formula is C15H15N3O2. The Morgan fingerprint density at radius 1 is 1.35 bits per heavy atom. The van der Waals surface area contributed by atoms with E-state index in [0.29, 0.717) is 12.3 Å². The Labute approximate surface area is 116 Å². The molecule has 0 saturated carbocycles. The van der Waals surface area contributed by atoms with Crippen LogP contribution in [0.1, 0.15) is 16.2 Å². The van der Waals surface area contributed by atoms with Gasteiger partial charge in [-0.3, -0.25) is 9.48 Å². The number of furan rings is 1. The lowest BCUT2D eigenvalue weighted by Gasteiger charge is -2.03. The first-order valence-corrected chi connectivity index (χ1v) is 6.48. The van der Waals surface area contributed by atoms with Crippen LogP contribution in [0, 0.1) is 0 Å². The summed E-state index contributed by atoms with van der Waals surface area (Å²) in [5, 5.41) is 7.87. The van der Waals surface area contributed by atoms with Crippen molar-refractivity contribution in [3.63, 3.8) is 0 Å². The van der Waals surface area contributed by atoms with Gasteiger partial charge in [-0.15, -0.1) is 0 Å². The van der Waals surface area contributed by atoms with Crippen LogP contribution < -0.4 is 5.32 Å². The van der Waals surface area contributed by atoms with Crippen LogP contribution in [-0.4, -0.2) is 22.2 Å². The van der Waals surface area contributed by atoms with Crippen molar-refractivity contribution < 1.29 is 9.21 Å². The highest BCUT2D eigenvalue weighted by atomic mass is 16.3. The number of hydrogen-bond donors (Lipinski definition) is 1. The predicted molar refractivity (Wildman–Crippen MR) is 75.5 cm³/mol. The highest BCUT2D eigenvalue weighted by Crippen LogP contribution is 2.18. The van der Waals surface area contributed by atoms with E-state index in [1.54, 1.807) is 16.9 Å². The quantitative estimate of drug-likeness (QED) is 0.789. The highest BCUT2D eigenvalue weighted by molar-refractivity contribution is 5.96. The van der Waals surface area contributed by atoms with E-state index in [1.165, 1.54) is 0 Å². The molecule has 0 aliphatic heterocycles. The maximum Gasteiger partial charge on any atom is 0.287 e. The molecule has 1 aromatic carbocycles. The first kappa shape index (κ1) is 12.5. The largest absolute Gasteiger partial charge is 0.451 e. The summed E-state index contributed by atoms with van der Waals surface area (Å²) in [6, 6.07) is 11.3. The molecule has 0 spiro atoms. The van der Waals surface area contributed by atoms with Crippen LogP contribution in [0.4, 0.5) is 0 Å². The van der Waals surface area contributed by atoms with Crippen LogP contribution in [0.3, 0.4) is 0 Å². The number of rotatable bonds is 4. The van der Waals surface area contributed by atoms with Gasteiger partial charge >= 0.3 is 0 Å². The van der Waals surface area contributed by atoms with Crippen molar-refractivity contribution in [3.05, 3.63) is 54.0 Å². The number of para-hydroxylation sites is 1. The van der Waals surface area contributed by atoms with Gasteiger partial charge in [0.25, 0.3) is 5.91 Å². The smallest absolute Gasteiger partial charge is 0.287 e. The number of nitrogens with one attached hydrogen (secondary N) is 1. The molecule has 2 aromatic heterocycles. The maximum atomic E-state index is 12.0. The van der Waals surface area contributed by atoms with E-state index < -0.39 is 0 Å². The molecule has 0 aliphatic rings. The molecule has 1 N–H and O–H groups in total. The number of amides is 1. The van der Waals surface area contributed by atoms with Crippen LogP contribution in [0.5, 0.6) is 0 Å². The SMILES string of the molecule is Cn1nccc1CCNC(=O)c1cc2ccccc2o1. The van der Waals surface area contributed by atoms with Crippen LogP contribution >= 0.6 is 0 Å². The van der Waals surface area contributed by atoms with Gasteiger partial charge in [-0.1, -0.05) is 18.2 Å². The topological polar surface area (TPSA) is 60.1 Å². The number of carbonyl (C=O) groups excluding carboxylic acids is 1. The summed E-state index contributed by atoms with van der Waals surface area (Å²) in [5.41, 5.74) is 1.80. The Morgan fingerprint density at radius 2 is 2.20 bits per heavy atom. The Hall–Kier alpha value is -2.56. The third-order valence-electron chi connectivity index (χ3n) is 3.24. The molecule has 5 nitrogen and oxygen atoms in total. The second-order valence-electron chi connectivity index (χ2n) is 4.60. The standard InChI is InChI=1S/C15H15N3O2/c1-18-12(7-9-17-18)6-8-16-15(19)14-10-11-4-2-3-5-13(11)20-14/h2-5,7,9-10H,6,8H2,1H3,(H,16,19). The van der Waals surface area contributed by atoms with E-state index >= 15 is 0 Å². The second-order valence-corrected chi connectivity index (χ2v) is 4.60. The average molecular weight is 269 g/mol. The number of carbonyl (C=O) groups is 1. The molecule has 0 atom stereocenters. The fourth-order valence-corrected chi connectivity index (χ4v) is 2.13. The third-order valence-corrected chi connectivity index (χ3v) is 3.24. The van der Waals surface area contributed by atoms with Crippen LogP contribution in [0.25, 0.3) is 11.0 Å². The molecule has 0 saturated heterocycles. The molecule has 0 radical (unpaired) electrons. The summed E-state index contributed by atoms with van der Waals surface area (Å²) < 4.78 is 7.31. The molecular weight excluding hydrogens is 254 g/mol. The zero-order valence-corrected chi connectivity index (χ0v) is 11.2. The zero-order valence-electron chi connectivity index (χ0n) is 11.2. The molecule has 102 valence electrons. The van der Waals surface area contributed by atoms with Crippen molar-refractivity contribution in [2.45, 2.75) is 6.42 Å². The van der Waals surface area contributed by atoms with E-state index in [2.05, 4.69) is 10.4 Å². The van der Waals surface area contributed by atoms with Crippen molar-refractivity contribution >= 4 is 16.9 Å². The summed E-state index contributed by atoms with van der Waals surface area (Å²) in [6.07, 6.45) is 2.48. The lowest BCUT2D eigenvalue weighted by Crippen LogP contribution is -2.25. The molecule has 0 fully saturated rings. The van der Waals surface area contributed by atoms with Crippen molar-refractivity contribution in [1.82, 2.24) is 15.1 Å². The summed E-state index contributed by atoms with van der Waals surface area (Å²) in [5.74, 6) is 0.152. The molecule has 20 heavy (non-hydrogen) atoms. The van der Waals surface area contributed by atoms with Crippen molar-refractivity contribution in [3.8, 4) is 0 Å². The van der Waals surface area contributed by atoms with E-state index in [4.69, 9.17) is 4.42 Å². The number of benzene rings is 1. The fraction of sp³-hybridized carbons (Fsp3) is 0.200. The lowest BCUT2D eigenvalue weighted by atomic mass is 10.2. The Morgan fingerprint density at radius 3 is 2.95 bits per heavy atom. The number of hydrogen-bond acceptors (Lipinski definition) is 3. The molecule has 3 aromatic rings. The molecule has 2 heterocycles. The van der Waals surface area contributed by atoms with Crippen LogP contribution in [0.2, 0.25) is 0 Å². The van der Waals surface area contributed by atoms with Crippen molar-refractivity contribution in [1.29, 1.82) is 0 Å². The summed E-state index contributed by atoms with van der Waals surface area (Å²) in [7, 11) is 1.89. The molecule has 0 aliphatic carbocycles. The van der Waals surface area contributed by atoms with E-state index in [9.17, 15) is 4.79 Å². The predicted octanol–water partition coefficient (Wildman–Crippen LogP) is 2.14. The van der Waals surface area contributed by atoms with Gasteiger partial charge in [0.15, 0.2) is 5.76 Å². The normalized spacial score (nSPS) is 10.8. The Kier molecular flexibility index (Phi) is 3.25. The minimum absolute atomic E-state index is 0.191. The summed E-state index contributed by atoms with van der Waals surface area (Å²) in [4.78, 5) is 12.0. The van der Waals surface area contributed by atoms with Crippen molar-refractivity contribution in [2.75, 3.05) is 6.54 Å². The zero-order chi connectivity index (χ0) is 13.9. The van der Waals surface area contributed by atoms with Gasteiger partial charge in [0, 0.05) is 37.3 Å². The number of aromatic nitrogens is 2. The second kappa shape index (κ2) is 5.21. The van der Waals surface area contributed by atoms with Crippen molar-refractivity contribution in [2.24, 2.45) is 7.05 Å². The lowest BCUT2D eigenvalue weighted by molar-refractivity contribution is 0.0928. The van der Waals surface area contributed by atoms with Gasteiger partial charge in [-0.2, -0.15) is 5.10 Å². The summed E-state index contributed by atoms with van der Waals surface area (Å²) in [6.45, 7) is 0.551. The minimum atomic E-state index is -0.191. The number of aryl methyl sites for hydroxylation is 1. The fourth-order valence-electron chi connectivity index (χ4n) is 2.13. The van der Waals surface area contributed by atoms with Gasteiger partial charge in [-0.25, -0.2) is 0 Å².